The number of rotatable bonds is 4. The third-order valence-corrected chi connectivity index (χ3v) is 4.85. The van der Waals surface area contributed by atoms with Crippen molar-refractivity contribution in [2.45, 2.75) is 6.92 Å². The molecule has 3 rings (SSSR count). The van der Waals surface area contributed by atoms with E-state index in [0.717, 1.165) is 4.47 Å². The molecule has 28 heavy (non-hydrogen) atoms. The number of hydrogen-bond donors (Lipinski definition) is 1. The maximum absolute atomic E-state index is 12.3. The molecular formula is C18H11Br2N3O5. The molecule has 0 radical (unpaired) electrons. The Bertz CT molecular complexity index is 1190. The van der Waals surface area contributed by atoms with Gasteiger partial charge in [-0.1, -0.05) is 15.9 Å². The van der Waals surface area contributed by atoms with E-state index in [1.165, 1.54) is 24.3 Å². The van der Waals surface area contributed by atoms with E-state index in [2.05, 4.69) is 42.4 Å². The van der Waals surface area contributed by atoms with Crippen molar-refractivity contribution < 1.29 is 14.1 Å². The van der Waals surface area contributed by atoms with Gasteiger partial charge in [-0.3, -0.25) is 14.9 Å². The fraction of sp³-hybridized carbons (Fsp3) is 0.0556. The highest BCUT2D eigenvalue weighted by molar-refractivity contribution is 9.11. The number of nitro groups is 1. The van der Waals surface area contributed by atoms with Crippen molar-refractivity contribution in [2.24, 2.45) is 5.10 Å². The number of nitrogens with one attached hydrogen (secondary N) is 1. The van der Waals surface area contributed by atoms with Crippen LogP contribution in [-0.4, -0.2) is 16.5 Å². The number of amides is 1. The first-order chi connectivity index (χ1) is 13.3. The van der Waals surface area contributed by atoms with Gasteiger partial charge in [-0.2, -0.15) is 5.10 Å². The van der Waals surface area contributed by atoms with Crippen LogP contribution in [0, 0.1) is 10.1 Å². The van der Waals surface area contributed by atoms with Crippen molar-refractivity contribution in [3.8, 4) is 0 Å². The highest BCUT2D eigenvalue weighted by atomic mass is 79.9. The van der Waals surface area contributed by atoms with E-state index in [4.69, 9.17) is 4.42 Å². The molecule has 142 valence electrons. The summed E-state index contributed by atoms with van der Waals surface area (Å²) in [4.78, 5) is 34.5. The Labute approximate surface area is 174 Å². The number of halogens is 2. The second kappa shape index (κ2) is 8.03. The lowest BCUT2D eigenvalue weighted by Gasteiger charge is -2.05. The molecule has 1 N–H and O–H groups in total. The quantitative estimate of drug-likeness (QED) is 0.243. The lowest BCUT2D eigenvalue weighted by molar-refractivity contribution is -0.384. The largest absolute Gasteiger partial charge is 0.421 e. The van der Waals surface area contributed by atoms with Crippen LogP contribution in [0.5, 0.6) is 0 Å². The smallest absolute Gasteiger partial charge is 0.345 e. The van der Waals surface area contributed by atoms with Gasteiger partial charge in [-0.05, 0) is 53.2 Å². The Kier molecular flexibility index (Phi) is 5.71. The van der Waals surface area contributed by atoms with E-state index in [9.17, 15) is 19.7 Å². The van der Waals surface area contributed by atoms with Gasteiger partial charge < -0.3 is 4.42 Å². The van der Waals surface area contributed by atoms with Crippen molar-refractivity contribution in [3.05, 3.63) is 83.1 Å². The molecular weight excluding hydrogens is 498 g/mol. The van der Waals surface area contributed by atoms with Crippen molar-refractivity contribution in [1.82, 2.24) is 5.43 Å². The predicted octanol–water partition coefficient (Wildman–Crippen LogP) is 4.38. The van der Waals surface area contributed by atoms with Gasteiger partial charge in [0.15, 0.2) is 5.58 Å². The third kappa shape index (κ3) is 4.18. The fourth-order valence-corrected chi connectivity index (χ4v) is 3.74. The summed E-state index contributed by atoms with van der Waals surface area (Å²) >= 11 is 6.71. The third-order valence-electron chi connectivity index (χ3n) is 3.81. The predicted molar refractivity (Wildman–Crippen MR) is 111 cm³/mol. The zero-order chi connectivity index (χ0) is 20.4. The molecule has 0 spiro atoms. The molecule has 10 heteroatoms. The highest BCUT2D eigenvalue weighted by Gasteiger charge is 2.13. The van der Waals surface area contributed by atoms with Crippen LogP contribution in [0.4, 0.5) is 5.69 Å². The number of benzene rings is 2. The molecule has 0 atom stereocenters. The van der Waals surface area contributed by atoms with E-state index in [-0.39, 0.29) is 22.5 Å². The number of carbonyl (C=O) groups excluding carboxylic acids is 1. The lowest BCUT2D eigenvalue weighted by Crippen LogP contribution is -2.21. The number of non-ortho nitro benzene ring substituents is 1. The minimum absolute atomic E-state index is 0.123. The van der Waals surface area contributed by atoms with E-state index in [1.807, 2.05) is 0 Å². The summed E-state index contributed by atoms with van der Waals surface area (Å²) in [5.74, 6) is -0.565. The number of hydrogen-bond acceptors (Lipinski definition) is 6. The van der Waals surface area contributed by atoms with Gasteiger partial charge in [-0.15, -0.1) is 0 Å². The Morgan fingerprint density at radius 3 is 2.50 bits per heavy atom. The molecule has 0 saturated heterocycles. The average Bonchev–Trinajstić information content (AvgIpc) is 2.66. The first-order valence-electron chi connectivity index (χ1n) is 7.78. The van der Waals surface area contributed by atoms with Crippen LogP contribution in [0.3, 0.4) is 0 Å². The molecule has 1 amide bonds. The van der Waals surface area contributed by atoms with Gasteiger partial charge in [0.1, 0.15) is 0 Å². The molecule has 0 aliphatic rings. The summed E-state index contributed by atoms with van der Waals surface area (Å²) in [5, 5.41) is 15.3. The topological polar surface area (TPSA) is 115 Å². The summed E-state index contributed by atoms with van der Waals surface area (Å²) in [6, 6.07) is 10.2. The van der Waals surface area contributed by atoms with Crippen molar-refractivity contribution in [3.63, 3.8) is 0 Å². The van der Waals surface area contributed by atoms with Gasteiger partial charge >= 0.3 is 5.63 Å². The fourth-order valence-electron chi connectivity index (χ4n) is 2.40. The number of hydrazone groups is 1. The molecule has 0 aliphatic heterocycles. The van der Waals surface area contributed by atoms with E-state index in [0.29, 0.717) is 15.4 Å². The van der Waals surface area contributed by atoms with Gasteiger partial charge in [0.05, 0.1) is 20.7 Å². The maximum Gasteiger partial charge on any atom is 0.345 e. The van der Waals surface area contributed by atoms with Crippen LogP contribution in [-0.2, 0) is 0 Å². The van der Waals surface area contributed by atoms with Crippen LogP contribution in [0.15, 0.2) is 65.7 Å². The molecule has 0 aliphatic carbocycles. The molecule has 1 heterocycles. The Morgan fingerprint density at radius 2 is 1.86 bits per heavy atom. The van der Waals surface area contributed by atoms with Crippen molar-refractivity contribution in [2.75, 3.05) is 0 Å². The first-order valence-corrected chi connectivity index (χ1v) is 9.37. The molecule has 0 bridgehead atoms. The molecule has 8 nitrogen and oxygen atoms in total. The molecule has 0 unspecified atom stereocenters. The standard InChI is InChI=1S/C18H11Br2N3O5/c1-9(21-22-17(24)10-2-4-13(5-3-10)23(26)27)14-7-11-6-12(19)8-15(20)16(11)28-18(14)25/h2-8H,1H3,(H,22,24)/b21-9-. The maximum atomic E-state index is 12.3. The van der Waals surface area contributed by atoms with Crippen LogP contribution >= 0.6 is 31.9 Å². The number of fused-ring (bicyclic) bond motifs is 1. The normalized spacial score (nSPS) is 11.5. The van der Waals surface area contributed by atoms with Crippen LogP contribution < -0.4 is 11.1 Å². The monoisotopic (exact) mass is 507 g/mol. The van der Waals surface area contributed by atoms with Crippen LogP contribution in [0.25, 0.3) is 11.0 Å². The number of carbonyl (C=O) groups is 1. The zero-order valence-electron chi connectivity index (χ0n) is 14.2. The molecule has 1 aromatic heterocycles. The zero-order valence-corrected chi connectivity index (χ0v) is 17.4. The summed E-state index contributed by atoms with van der Waals surface area (Å²) < 4.78 is 6.77. The Hall–Kier alpha value is -2.85. The second-order valence-electron chi connectivity index (χ2n) is 5.70. The van der Waals surface area contributed by atoms with Gasteiger partial charge in [0, 0.05) is 27.6 Å². The van der Waals surface area contributed by atoms with Gasteiger partial charge in [0.2, 0.25) is 0 Å². The summed E-state index contributed by atoms with van der Waals surface area (Å²) in [6.07, 6.45) is 0. The van der Waals surface area contributed by atoms with Crippen LogP contribution in [0.2, 0.25) is 0 Å². The second-order valence-corrected chi connectivity index (χ2v) is 7.47. The van der Waals surface area contributed by atoms with Crippen molar-refractivity contribution in [1.29, 1.82) is 0 Å². The van der Waals surface area contributed by atoms with Crippen molar-refractivity contribution >= 4 is 60.1 Å². The summed E-state index contributed by atoms with van der Waals surface area (Å²) in [6.45, 7) is 1.56. The molecule has 2 aromatic carbocycles. The molecule has 0 saturated carbocycles. The van der Waals surface area contributed by atoms with E-state index < -0.39 is 16.5 Å². The first kappa shape index (κ1) is 19.9. The summed E-state index contributed by atoms with van der Waals surface area (Å²) in [7, 11) is 0. The van der Waals surface area contributed by atoms with Gasteiger partial charge in [0.25, 0.3) is 11.6 Å². The SMILES string of the molecule is C/C(=N/NC(=O)c1ccc([N+](=O)[O-])cc1)c1cc2cc(Br)cc(Br)c2oc1=O. The number of nitro benzene ring substituents is 1. The minimum Gasteiger partial charge on any atom is -0.421 e. The van der Waals surface area contributed by atoms with E-state index in [1.54, 1.807) is 25.1 Å². The lowest BCUT2D eigenvalue weighted by atomic mass is 10.1. The molecule has 3 aromatic rings. The molecule has 0 fully saturated rings. The Balaban J connectivity index is 1.87. The van der Waals surface area contributed by atoms with E-state index >= 15 is 0 Å². The summed E-state index contributed by atoms with van der Waals surface area (Å²) in [5.41, 5.74) is 2.65. The average molecular weight is 509 g/mol. The minimum atomic E-state index is -0.596. The highest BCUT2D eigenvalue weighted by Crippen LogP contribution is 2.28. The van der Waals surface area contributed by atoms with Crippen LogP contribution in [0.1, 0.15) is 22.8 Å². The van der Waals surface area contributed by atoms with Gasteiger partial charge in [-0.25, -0.2) is 10.2 Å². The Morgan fingerprint density at radius 1 is 1.18 bits per heavy atom. The number of nitrogens with zero attached hydrogens (tertiary/aromatic N) is 2.